The van der Waals surface area contributed by atoms with Crippen molar-refractivity contribution in [1.82, 2.24) is 4.98 Å². The van der Waals surface area contributed by atoms with Crippen LogP contribution in [-0.2, 0) is 11.2 Å². The minimum absolute atomic E-state index is 0.132. The lowest BCUT2D eigenvalue weighted by atomic mass is 10.1. The fourth-order valence-corrected chi connectivity index (χ4v) is 2.62. The molecule has 4 nitrogen and oxygen atoms in total. The van der Waals surface area contributed by atoms with Crippen molar-refractivity contribution in [2.24, 2.45) is 0 Å². The highest BCUT2D eigenvalue weighted by Crippen LogP contribution is 2.31. The second-order valence-corrected chi connectivity index (χ2v) is 5.49. The van der Waals surface area contributed by atoms with Gasteiger partial charge in [0, 0.05) is 18.7 Å². The van der Waals surface area contributed by atoms with Gasteiger partial charge in [-0.25, -0.2) is 4.98 Å². The van der Waals surface area contributed by atoms with Gasteiger partial charge in [-0.05, 0) is 43.0 Å². The van der Waals surface area contributed by atoms with Crippen LogP contribution in [0.4, 0.5) is 5.82 Å². The van der Waals surface area contributed by atoms with E-state index in [1.54, 1.807) is 13.3 Å². The molecule has 4 heteroatoms. The van der Waals surface area contributed by atoms with Crippen molar-refractivity contribution in [1.29, 1.82) is 0 Å². The van der Waals surface area contributed by atoms with E-state index >= 15 is 0 Å². The highest BCUT2D eigenvalue weighted by molar-refractivity contribution is 5.93. The van der Waals surface area contributed by atoms with Gasteiger partial charge in [-0.15, -0.1) is 0 Å². The Morgan fingerprint density at radius 2 is 2.00 bits per heavy atom. The Kier molecular flexibility index (Phi) is 4.37. The molecule has 1 aliphatic carbocycles. The Labute approximate surface area is 130 Å². The first-order chi connectivity index (χ1) is 10.8. The summed E-state index contributed by atoms with van der Waals surface area (Å²) < 4.78 is 5.35. The van der Waals surface area contributed by atoms with Crippen molar-refractivity contribution in [3.8, 4) is 5.75 Å². The number of methoxy groups -OCH3 is 1. The predicted octanol–water partition coefficient (Wildman–Crippen LogP) is 3.22. The maximum absolute atomic E-state index is 12.6. The zero-order chi connectivity index (χ0) is 15.4. The SMILES string of the molecule is COc1ccccc1CCC(=O)N(c1ccccn1)C1CC1. The first-order valence-electron chi connectivity index (χ1n) is 7.64. The van der Waals surface area contributed by atoms with Gasteiger partial charge in [-0.2, -0.15) is 0 Å². The van der Waals surface area contributed by atoms with Gasteiger partial charge in [0.25, 0.3) is 0 Å². The quantitative estimate of drug-likeness (QED) is 0.822. The molecule has 0 N–H and O–H groups in total. The second kappa shape index (κ2) is 6.60. The molecule has 0 radical (unpaired) electrons. The maximum Gasteiger partial charge on any atom is 0.228 e. The van der Waals surface area contributed by atoms with E-state index in [-0.39, 0.29) is 5.91 Å². The number of ether oxygens (including phenoxy) is 1. The summed E-state index contributed by atoms with van der Waals surface area (Å²) in [4.78, 5) is 18.8. The van der Waals surface area contributed by atoms with Gasteiger partial charge in [0.15, 0.2) is 0 Å². The summed E-state index contributed by atoms with van der Waals surface area (Å²) in [6.45, 7) is 0. The molecule has 1 aromatic heterocycles. The number of aromatic nitrogens is 1. The van der Waals surface area contributed by atoms with Gasteiger partial charge in [-0.3, -0.25) is 9.69 Å². The van der Waals surface area contributed by atoms with Crippen LogP contribution in [0.5, 0.6) is 5.75 Å². The lowest BCUT2D eigenvalue weighted by molar-refractivity contribution is -0.118. The summed E-state index contributed by atoms with van der Waals surface area (Å²) in [6, 6.07) is 13.9. The minimum Gasteiger partial charge on any atom is -0.496 e. The number of para-hydroxylation sites is 1. The van der Waals surface area contributed by atoms with E-state index in [0.29, 0.717) is 18.9 Å². The lowest BCUT2D eigenvalue weighted by Gasteiger charge is -2.21. The lowest BCUT2D eigenvalue weighted by Crippen LogP contribution is -2.33. The second-order valence-electron chi connectivity index (χ2n) is 5.49. The summed E-state index contributed by atoms with van der Waals surface area (Å²) in [6.07, 6.45) is 5.01. The first kappa shape index (κ1) is 14.6. The molecule has 1 heterocycles. The molecule has 114 valence electrons. The summed E-state index contributed by atoms with van der Waals surface area (Å²) in [5, 5.41) is 0. The van der Waals surface area contributed by atoms with E-state index in [9.17, 15) is 4.79 Å². The molecule has 3 rings (SSSR count). The fourth-order valence-electron chi connectivity index (χ4n) is 2.62. The van der Waals surface area contributed by atoms with Crippen molar-refractivity contribution in [3.05, 3.63) is 54.2 Å². The van der Waals surface area contributed by atoms with Crippen LogP contribution in [0.25, 0.3) is 0 Å². The molecular formula is C18H20N2O2. The van der Waals surface area contributed by atoms with Gasteiger partial charge in [0.05, 0.1) is 7.11 Å². The Morgan fingerprint density at radius 3 is 2.68 bits per heavy atom. The number of hydrogen-bond donors (Lipinski definition) is 0. The largest absolute Gasteiger partial charge is 0.496 e. The van der Waals surface area contributed by atoms with Crippen LogP contribution in [0.3, 0.4) is 0 Å². The number of carbonyl (C=O) groups is 1. The van der Waals surface area contributed by atoms with Crippen molar-refractivity contribution in [3.63, 3.8) is 0 Å². The van der Waals surface area contributed by atoms with Crippen LogP contribution < -0.4 is 9.64 Å². The van der Waals surface area contributed by atoms with Gasteiger partial charge < -0.3 is 4.74 Å². The molecule has 1 fully saturated rings. The summed E-state index contributed by atoms with van der Waals surface area (Å²) in [5.41, 5.74) is 1.06. The van der Waals surface area contributed by atoms with Crippen LogP contribution >= 0.6 is 0 Å². The number of benzene rings is 1. The number of hydrogen-bond acceptors (Lipinski definition) is 3. The van der Waals surface area contributed by atoms with Crippen molar-refractivity contribution in [2.75, 3.05) is 12.0 Å². The third-order valence-corrected chi connectivity index (χ3v) is 3.88. The van der Waals surface area contributed by atoms with E-state index in [1.807, 2.05) is 47.4 Å². The molecular weight excluding hydrogens is 276 g/mol. The molecule has 1 saturated carbocycles. The van der Waals surface area contributed by atoms with Crippen molar-refractivity contribution < 1.29 is 9.53 Å². The zero-order valence-electron chi connectivity index (χ0n) is 12.7. The van der Waals surface area contributed by atoms with E-state index in [2.05, 4.69) is 4.98 Å². The number of amides is 1. The minimum atomic E-state index is 0.132. The summed E-state index contributed by atoms with van der Waals surface area (Å²) in [5.74, 6) is 1.73. The molecule has 0 aliphatic heterocycles. The molecule has 1 amide bonds. The third-order valence-electron chi connectivity index (χ3n) is 3.88. The van der Waals surface area contributed by atoms with Gasteiger partial charge in [0.2, 0.25) is 5.91 Å². The molecule has 0 atom stereocenters. The van der Waals surface area contributed by atoms with Gasteiger partial charge in [-0.1, -0.05) is 24.3 Å². The maximum atomic E-state index is 12.6. The molecule has 1 aliphatic rings. The average molecular weight is 296 g/mol. The Balaban J connectivity index is 1.70. The smallest absolute Gasteiger partial charge is 0.228 e. The Bertz CT molecular complexity index is 639. The van der Waals surface area contributed by atoms with Crippen LogP contribution in [0.2, 0.25) is 0 Å². The van der Waals surface area contributed by atoms with Crippen LogP contribution in [0.1, 0.15) is 24.8 Å². The summed E-state index contributed by atoms with van der Waals surface area (Å²) in [7, 11) is 1.66. The molecule has 0 spiro atoms. The molecule has 0 bridgehead atoms. The summed E-state index contributed by atoms with van der Waals surface area (Å²) >= 11 is 0. The van der Waals surface area contributed by atoms with Crippen LogP contribution in [0, 0.1) is 0 Å². The third kappa shape index (κ3) is 3.27. The number of pyridine rings is 1. The Morgan fingerprint density at radius 1 is 1.23 bits per heavy atom. The number of anilines is 1. The molecule has 0 unspecified atom stereocenters. The molecule has 22 heavy (non-hydrogen) atoms. The first-order valence-corrected chi connectivity index (χ1v) is 7.64. The highest BCUT2D eigenvalue weighted by atomic mass is 16.5. The average Bonchev–Trinajstić information content (AvgIpc) is 3.39. The van der Waals surface area contributed by atoms with E-state index in [4.69, 9.17) is 4.74 Å². The van der Waals surface area contributed by atoms with Crippen LogP contribution in [-0.4, -0.2) is 24.0 Å². The van der Waals surface area contributed by atoms with Crippen molar-refractivity contribution >= 4 is 11.7 Å². The van der Waals surface area contributed by atoms with Crippen LogP contribution in [0.15, 0.2) is 48.7 Å². The monoisotopic (exact) mass is 296 g/mol. The highest BCUT2D eigenvalue weighted by Gasteiger charge is 2.34. The van der Waals surface area contributed by atoms with Crippen molar-refractivity contribution in [2.45, 2.75) is 31.7 Å². The molecule has 0 saturated heterocycles. The topological polar surface area (TPSA) is 42.4 Å². The molecule has 2 aromatic rings. The van der Waals surface area contributed by atoms with Gasteiger partial charge in [0.1, 0.15) is 11.6 Å². The number of aryl methyl sites for hydroxylation is 1. The number of nitrogens with zero attached hydrogens (tertiary/aromatic N) is 2. The predicted molar refractivity (Wildman–Crippen MR) is 86.1 cm³/mol. The standard InChI is InChI=1S/C18H20N2O2/c1-22-16-7-3-2-6-14(16)9-12-18(21)20(15-10-11-15)17-8-4-5-13-19-17/h2-8,13,15H,9-12H2,1H3. The van der Waals surface area contributed by atoms with Gasteiger partial charge >= 0.3 is 0 Å². The van der Waals surface area contributed by atoms with E-state index in [0.717, 1.165) is 30.0 Å². The normalized spacial score (nSPS) is 13.7. The zero-order valence-corrected chi connectivity index (χ0v) is 12.7. The number of carbonyl (C=O) groups excluding carboxylic acids is 1. The number of rotatable bonds is 6. The fraction of sp³-hybridized carbons (Fsp3) is 0.333. The Hall–Kier alpha value is -2.36. The molecule has 1 aromatic carbocycles. The van der Waals surface area contributed by atoms with E-state index < -0.39 is 0 Å². The van der Waals surface area contributed by atoms with E-state index in [1.165, 1.54) is 0 Å².